The number of nitrogens with one attached hydrogen (secondary N) is 2. The predicted molar refractivity (Wildman–Crippen MR) is 128 cm³/mol. The summed E-state index contributed by atoms with van der Waals surface area (Å²) >= 11 is 0. The Bertz CT molecular complexity index is 931. The molecule has 7 nitrogen and oxygen atoms in total. The van der Waals surface area contributed by atoms with Crippen LogP contribution in [0.25, 0.3) is 17.3 Å². The summed E-state index contributed by atoms with van der Waals surface area (Å²) in [6, 6.07) is 2.03. The molecule has 0 aliphatic rings. The van der Waals surface area contributed by atoms with E-state index in [-0.39, 0.29) is 0 Å². The van der Waals surface area contributed by atoms with Crippen molar-refractivity contribution in [1.29, 1.82) is 0 Å². The van der Waals surface area contributed by atoms with Gasteiger partial charge in [-0.15, -0.1) is 0 Å². The lowest BCUT2D eigenvalue weighted by Crippen LogP contribution is -2.07. The molecule has 0 aromatic carbocycles. The average molecular weight is 408 g/mol. The van der Waals surface area contributed by atoms with Gasteiger partial charge < -0.3 is 16.0 Å². The molecule has 7 heteroatoms. The van der Waals surface area contributed by atoms with Crippen LogP contribution in [0.2, 0.25) is 0 Å². The van der Waals surface area contributed by atoms with Crippen molar-refractivity contribution in [3.63, 3.8) is 0 Å². The topological polar surface area (TPSA) is 104 Å². The van der Waals surface area contributed by atoms with E-state index < -0.39 is 0 Å². The molecule has 0 radical (unpaired) electrons. The number of aromatic amines is 1. The van der Waals surface area contributed by atoms with E-state index >= 15 is 0 Å². The second kappa shape index (κ2) is 11.8. The maximum absolute atomic E-state index is 6.05. The summed E-state index contributed by atoms with van der Waals surface area (Å²) in [5.41, 5.74) is 13.0. The van der Waals surface area contributed by atoms with E-state index in [0.717, 1.165) is 58.9 Å². The molecular weight excluding hydrogens is 374 g/mol. The number of pyridine rings is 1. The summed E-state index contributed by atoms with van der Waals surface area (Å²) in [4.78, 5) is 20.7. The van der Waals surface area contributed by atoms with Crippen molar-refractivity contribution in [2.45, 2.75) is 39.5 Å². The minimum Gasteiger partial charge on any atom is -0.402 e. The Morgan fingerprint density at radius 2 is 2.10 bits per heavy atom. The molecule has 0 amide bonds. The van der Waals surface area contributed by atoms with Crippen LogP contribution >= 0.6 is 0 Å². The van der Waals surface area contributed by atoms with E-state index in [1.54, 1.807) is 25.8 Å². The molecule has 0 unspecified atom stereocenters. The highest BCUT2D eigenvalue weighted by Gasteiger charge is 2.12. The number of allylic oxidation sites excluding steroid dienone is 2. The van der Waals surface area contributed by atoms with Crippen molar-refractivity contribution in [1.82, 2.24) is 20.3 Å². The van der Waals surface area contributed by atoms with Gasteiger partial charge in [-0.1, -0.05) is 6.42 Å². The first-order valence-corrected chi connectivity index (χ1v) is 10.2. The normalized spacial score (nSPS) is 13.0. The zero-order valence-corrected chi connectivity index (χ0v) is 18.5. The van der Waals surface area contributed by atoms with Gasteiger partial charge in [0.25, 0.3) is 0 Å². The molecule has 2 aromatic rings. The zero-order valence-electron chi connectivity index (χ0n) is 18.5. The maximum atomic E-state index is 6.05. The number of aromatic nitrogens is 3. The lowest BCUT2D eigenvalue weighted by atomic mass is 10.0. The Labute approximate surface area is 179 Å². The first-order valence-electron chi connectivity index (χ1n) is 10.2. The first kappa shape index (κ1) is 23.2. The van der Waals surface area contributed by atoms with Crippen LogP contribution < -0.4 is 11.1 Å². The van der Waals surface area contributed by atoms with Crippen molar-refractivity contribution in [3.05, 3.63) is 52.5 Å². The molecule has 0 spiro atoms. The summed E-state index contributed by atoms with van der Waals surface area (Å²) in [7, 11) is 3.70. The van der Waals surface area contributed by atoms with Crippen LogP contribution in [-0.2, 0) is 6.42 Å². The number of hydrogen-bond acceptors (Lipinski definition) is 6. The van der Waals surface area contributed by atoms with Gasteiger partial charge in [0.15, 0.2) is 0 Å². The smallest absolute Gasteiger partial charge is 0.0929 e. The molecule has 4 N–H and O–H groups in total. The molecule has 2 rings (SSSR count). The summed E-state index contributed by atoms with van der Waals surface area (Å²) in [5, 5.41) is 3.18. The van der Waals surface area contributed by atoms with Gasteiger partial charge in [-0.05, 0) is 65.6 Å². The Kier molecular flexibility index (Phi) is 9.15. The number of imidazole rings is 1. The molecule has 0 aliphatic heterocycles. The van der Waals surface area contributed by atoms with Crippen LogP contribution in [0.5, 0.6) is 0 Å². The van der Waals surface area contributed by atoms with Crippen molar-refractivity contribution in [2.24, 2.45) is 15.7 Å². The van der Waals surface area contributed by atoms with Crippen LogP contribution in [0.3, 0.4) is 0 Å². The zero-order chi connectivity index (χ0) is 21.9. The predicted octanol–water partition coefficient (Wildman–Crippen LogP) is 3.63. The van der Waals surface area contributed by atoms with Crippen molar-refractivity contribution < 1.29 is 0 Å². The lowest BCUT2D eigenvalue weighted by Gasteiger charge is -2.10. The molecule has 0 fully saturated rings. The number of nitrogens with two attached hydrogens (primary N) is 1. The van der Waals surface area contributed by atoms with E-state index in [9.17, 15) is 0 Å². The monoisotopic (exact) mass is 407 g/mol. The minimum absolute atomic E-state index is 0.683. The number of hydrogen-bond donors (Lipinski definition) is 3. The number of nitrogens with zero attached hydrogens (tertiary/aromatic N) is 4. The fourth-order valence-corrected chi connectivity index (χ4v) is 3.25. The molecule has 0 saturated carbocycles. The van der Waals surface area contributed by atoms with Crippen LogP contribution in [0.4, 0.5) is 0 Å². The number of rotatable bonds is 11. The van der Waals surface area contributed by atoms with Crippen molar-refractivity contribution in [3.8, 4) is 0 Å². The highest BCUT2D eigenvalue weighted by atomic mass is 14.9. The largest absolute Gasteiger partial charge is 0.402 e. The van der Waals surface area contributed by atoms with Crippen molar-refractivity contribution >= 4 is 30.3 Å². The standard InChI is InChI=1S/C23H33N7/c1-16(24)20(14-26-4)18-11-19(17(2)28-13-18)22(27-5)12-23-21(29-15-30-23)9-7-6-8-10-25-3/h11-15,25H,5-10,24H2,1-4H3,(H,29,30)/b20-16?,22-12-,26-14?. The number of unbranched alkanes of at least 4 members (excludes halogenated alkanes) is 2. The van der Waals surface area contributed by atoms with Gasteiger partial charge in [-0.2, -0.15) is 0 Å². The summed E-state index contributed by atoms with van der Waals surface area (Å²) in [5.74, 6) is 0. The lowest BCUT2D eigenvalue weighted by molar-refractivity contribution is 0.638. The second-order valence-electron chi connectivity index (χ2n) is 7.21. The van der Waals surface area contributed by atoms with E-state index in [2.05, 4.69) is 37.0 Å². The summed E-state index contributed by atoms with van der Waals surface area (Å²) in [6.45, 7) is 8.63. The Morgan fingerprint density at radius 1 is 1.30 bits per heavy atom. The Balaban J connectivity index is 2.34. The van der Waals surface area contributed by atoms with Gasteiger partial charge in [0.1, 0.15) is 0 Å². The summed E-state index contributed by atoms with van der Waals surface area (Å²) < 4.78 is 0. The molecule has 0 aliphatic carbocycles. The first-order chi connectivity index (χ1) is 14.5. The molecule has 0 bridgehead atoms. The van der Waals surface area contributed by atoms with Gasteiger partial charge in [0, 0.05) is 53.2 Å². The average Bonchev–Trinajstić information content (AvgIpc) is 3.17. The van der Waals surface area contributed by atoms with E-state index in [0.29, 0.717) is 5.70 Å². The Hall–Kier alpha value is -3.06. The highest BCUT2D eigenvalue weighted by Crippen LogP contribution is 2.26. The van der Waals surface area contributed by atoms with Gasteiger partial charge >= 0.3 is 0 Å². The fraction of sp³-hybridized carbons (Fsp3) is 0.391. The van der Waals surface area contributed by atoms with E-state index in [4.69, 9.17) is 5.73 Å². The van der Waals surface area contributed by atoms with Gasteiger partial charge in [0.2, 0.25) is 0 Å². The highest BCUT2D eigenvalue weighted by molar-refractivity contribution is 6.10. The van der Waals surface area contributed by atoms with Crippen LogP contribution in [0.1, 0.15) is 54.4 Å². The van der Waals surface area contributed by atoms with Gasteiger partial charge in [0.05, 0.1) is 17.7 Å². The molecule has 160 valence electrons. The van der Waals surface area contributed by atoms with Crippen molar-refractivity contribution in [2.75, 3.05) is 20.6 Å². The third-order valence-electron chi connectivity index (χ3n) is 4.91. The van der Waals surface area contributed by atoms with Crippen LogP contribution in [-0.4, -0.2) is 48.5 Å². The van der Waals surface area contributed by atoms with E-state index in [1.165, 1.54) is 12.8 Å². The number of aliphatic imine (C=N–C) groups is 2. The Morgan fingerprint density at radius 3 is 2.77 bits per heavy atom. The van der Waals surface area contributed by atoms with Gasteiger partial charge in [-0.25, -0.2) is 4.98 Å². The molecular formula is C23H33N7. The summed E-state index contributed by atoms with van der Waals surface area (Å²) in [6.07, 6.45) is 11.6. The molecule has 30 heavy (non-hydrogen) atoms. The third kappa shape index (κ3) is 6.22. The third-order valence-corrected chi connectivity index (χ3v) is 4.91. The quantitative estimate of drug-likeness (QED) is 0.391. The van der Waals surface area contributed by atoms with Crippen LogP contribution in [0, 0.1) is 6.92 Å². The molecule has 2 aromatic heterocycles. The van der Waals surface area contributed by atoms with Crippen LogP contribution in [0.15, 0.2) is 34.3 Å². The maximum Gasteiger partial charge on any atom is 0.0929 e. The molecule has 0 saturated heterocycles. The molecule has 0 atom stereocenters. The van der Waals surface area contributed by atoms with E-state index in [1.807, 2.05) is 33.0 Å². The number of H-pyrrole nitrogens is 1. The minimum atomic E-state index is 0.683. The number of aryl methyl sites for hydroxylation is 2. The second-order valence-corrected chi connectivity index (χ2v) is 7.21. The van der Waals surface area contributed by atoms with Gasteiger partial charge in [-0.3, -0.25) is 15.0 Å². The fourth-order valence-electron chi connectivity index (χ4n) is 3.25. The molecule has 2 heterocycles. The SMILES string of the molecule is C=N/C(=C\c1nc[nH]c1CCCCCNC)c1cc(C(C=NC)=C(C)N)cnc1C.